The van der Waals surface area contributed by atoms with Crippen LogP contribution in [-0.2, 0) is 0 Å². The van der Waals surface area contributed by atoms with Gasteiger partial charge >= 0.3 is 0 Å². The van der Waals surface area contributed by atoms with Crippen molar-refractivity contribution in [2.24, 2.45) is 0 Å². The Morgan fingerprint density at radius 1 is 1.17 bits per heavy atom. The van der Waals surface area contributed by atoms with Crippen LogP contribution in [0.4, 0.5) is 0 Å². The van der Waals surface area contributed by atoms with Crippen LogP contribution in [0, 0.1) is 0 Å². The lowest BCUT2D eigenvalue weighted by atomic mass is 9.89. The highest BCUT2D eigenvalue weighted by atomic mass is 16.5. The predicted octanol–water partition coefficient (Wildman–Crippen LogP) is 3.52. The maximum Gasteiger partial charge on any atom is 0.175 e. The van der Waals surface area contributed by atoms with Crippen LogP contribution in [0.1, 0.15) is 30.6 Å². The molecule has 1 heterocycles. The first kappa shape index (κ1) is 15.2. The first-order valence-electron chi connectivity index (χ1n) is 7.28. The molecule has 0 aromatic heterocycles. The number of methoxy groups -OCH3 is 1. The first-order valence-corrected chi connectivity index (χ1v) is 7.28. The summed E-state index contributed by atoms with van der Waals surface area (Å²) in [6.07, 6.45) is 0.203. The van der Waals surface area contributed by atoms with E-state index in [-0.39, 0.29) is 35.0 Å². The van der Waals surface area contributed by atoms with E-state index in [1.54, 1.807) is 24.3 Å². The van der Waals surface area contributed by atoms with E-state index in [9.17, 15) is 15.0 Å². The van der Waals surface area contributed by atoms with Crippen molar-refractivity contribution >= 4 is 5.78 Å². The zero-order valence-corrected chi connectivity index (χ0v) is 13.2. The van der Waals surface area contributed by atoms with Gasteiger partial charge in [0, 0.05) is 5.56 Å². The summed E-state index contributed by atoms with van der Waals surface area (Å²) in [6.45, 7) is 3.68. The van der Waals surface area contributed by atoms with Gasteiger partial charge in [-0.05, 0) is 37.6 Å². The number of Topliss-reactive ketones (excluding diaryl/α,β-unsaturated/α-hetero) is 1. The number of carbonyl (C=O) groups excluding carboxylic acids is 1. The third-order valence-corrected chi connectivity index (χ3v) is 3.84. The molecule has 5 nitrogen and oxygen atoms in total. The van der Waals surface area contributed by atoms with Crippen LogP contribution >= 0.6 is 0 Å². The fraction of sp³-hybridized carbons (Fsp3) is 0.278. The van der Waals surface area contributed by atoms with Gasteiger partial charge in [-0.1, -0.05) is 12.1 Å². The molecule has 0 spiro atoms. The minimum atomic E-state index is -0.641. The number of fused-ring (bicyclic) bond motifs is 1. The fourth-order valence-electron chi connectivity index (χ4n) is 2.84. The number of aromatic hydroxyl groups is 2. The number of hydrogen-bond donors (Lipinski definition) is 2. The van der Waals surface area contributed by atoms with Crippen molar-refractivity contribution < 1.29 is 24.5 Å². The van der Waals surface area contributed by atoms with Gasteiger partial charge in [0.2, 0.25) is 0 Å². The van der Waals surface area contributed by atoms with E-state index < -0.39 is 5.60 Å². The van der Waals surface area contributed by atoms with E-state index in [2.05, 4.69) is 0 Å². The third-order valence-electron chi connectivity index (χ3n) is 3.84. The minimum absolute atomic E-state index is 0.119. The Bertz CT molecular complexity index is 775. The highest BCUT2D eigenvalue weighted by Crippen LogP contribution is 2.48. The highest BCUT2D eigenvalue weighted by molar-refractivity contribution is 6.06. The monoisotopic (exact) mass is 314 g/mol. The van der Waals surface area contributed by atoms with Crippen LogP contribution in [0.15, 0.2) is 30.3 Å². The van der Waals surface area contributed by atoms with Gasteiger partial charge < -0.3 is 19.7 Å². The molecule has 0 aliphatic carbocycles. The van der Waals surface area contributed by atoms with Crippen molar-refractivity contribution in [1.29, 1.82) is 0 Å². The molecule has 2 aromatic rings. The van der Waals surface area contributed by atoms with Crippen LogP contribution < -0.4 is 9.47 Å². The second-order valence-corrected chi connectivity index (χ2v) is 6.19. The summed E-state index contributed by atoms with van der Waals surface area (Å²) < 4.78 is 11.2. The molecule has 1 aliphatic heterocycles. The summed E-state index contributed by atoms with van der Waals surface area (Å²) >= 11 is 0. The van der Waals surface area contributed by atoms with Crippen molar-refractivity contribution in [3.8, 4) is 34.1 Å². The van der Waals surface area contributed by atoms with E-state index >= 15 is 0 Å². The number of ether oxygens (including phenoxy) is 2. The van der Waals surface area contributed by atoms with Crippen molar-refractivity contribution in [3.05, 3.63) is 35.9 Å². The van der Waals surface area contributed by atoms with Gasteiger partial charge in [-0.15, -0.1) is 0 Å². The second-order valence-electron chi connectivity index (χ2n) is 6.19. The zero-order chi connectivity index (χ0) is 16.8. The quantitative estimate of drug-likeness (QED) is 0.887. The average molecular weight is 314 g/mol. The van der Waals surface area contributed by atoms with Gasteiger partial charge in [0.05, 0.1) is 13.5 Å². The summed E-state index contributed by atoms with van der Waals surface area (Å²) in [7, 11) is 1.41. The van der Waals surface area contributed by atoms with Gasteiger partial charge in [0.1, 0.15) is 22.7 Å². The number of rotatable bonds is 2. The number of benzene rings is 2. The van der Waals surface area contributed by atoms with Gasteiger partial charge in [-0.25, -0.2) is 0 Å². The molecule has 0 radical (unpaired) electrons. The molecule has 0 bridgehead atoms. The maximum absolute atomic E-state index is 12.6. The number of phenols is 2. The van der Waals surface area contributed by atoms with Crippen molar-refractivity contribution in [2.45, 2.75) is 25.9 Å². The molecule has 2 N–H and O–H groups in total. The van der Waals surface area contributed by atoms with E-state index in [0.29, 0.717) is 11.3 Å². The van der Waals surface area contributed by atoms with E-state index in [1.807, 2.05) is 13.8 Å². The summed E-state index contributed by atoms with van der Waals surface area (Å²) in [6, 6.07) is 7.99. The number of ketones is 1. The SMILES string of the molecule is COc1c(O)cc(-c2ccc(O)cc2)c2c1C(=O)CC(C)(C)O2. The Morgan fingerprint density at radius 2 is 1.83 bits per heavy atom. The average Bonchev–Trinajstić information content (AvgIpc) is 2.47. The molecule has 2 aromatic carbocycles. The Morgan fingerprint density at radius 3 is 2.43 bits per heavy atom. The van der Waals surface area contributed by atoms with Gasteiger partial charge in [-0.3, -0.25) is 4.79 Å². The van der Waals surface area contributed by atoms with E-state index in [0.717, 1.165) is 5.56 Å². The molecule has 0 unspecified atom stereocenters. The highest BCUT2D eigenvalue weighted by Gasteiger charge is 2.37. The number of phenolic OH excluding ortho intramolecular Hbond substituents is 2. The number of hydrogen-bond acceptors (Lipinski definition) is 5. The largest absolute Gasteiger partial charge is 0.508 e. The van der Waals surface area contributed by atoms with Crippen LogP contribution in [0.5, 0.6) is 23.0 Å². The molecule has 0 saturated heterocycles. The van der Waals surface area contributed by atoms with Crippen LogP contribution in [0.3, 0.4) is 0 Å². The van der Waals surface area contributed by atoms with Crippen LogP contribution in [0.25, 0.3) is 11.1 Å². The summed E-state index contributed by atoms with van der Waals surface area (Å²) in [5.41, 5.74) is 0.925. The molecule has 0 amide bonds. The lowest BCUT2D eigenvalue weighted by Crippen LogP contribution is -2.36. The Balaban J connectivity index is 2.29. The molecule has 3 rings (SSSR count). The standard InChI is InChI=1S/C18H18O5/c1-18(2)9-14(21)15-16(23-18)12(8-13(20)17(15)22-3)10-4-6-11(19)7-5-10/h4-8,19-20H,9H2,1-3H3. The summed E-state index contributed by atoms with van der Waals surface area (Å²) in [5, 5.41) is 19.7. The molecule has 1 aliphatic rings. The fourth-order valence-corrected chi connectivity index (χ4v) is 2.84. The molecular formula is C18H18O5. The molecular weight excluding hydrogens is 296 g/mol. The summed E-state index contributed by atoms with van der Waals surface area (Å²) in [5.74, 6) is 0.405. The number of carbonyl (C=O) groups is 1. The van der Waals surface area contributed by atoms with Crippen molar-refractivity contribution in [2.75, 3.05) is 7.11 Å². The topological polar surface area (TPSA) is 76.0 Å². The lowest BCUT2D eigenvalue weighted by Gasteiger charge is -2.33. The van der Waals surface area contributed by atoms with Crippen LogP contribution in [-0.4, -0.2) is 28.7 Å². The zero-order valence-electron chi connectivity index (χ0n) is 13.2. The Kier molecular flexibility index (Phi) is 3.43. The maximum atomic E-state index is 12.6. The second kappa shape index (κ2) is 5.19. The molecule has 23 heavy (non-hydrogen) atoms. The predicted molar refractivity (Wildman–Crippen MR) is 85.4 cm³/mol. The van der Waals surface area contributed by atoms with Crippen molar-refractivity contribution in [1.82, 2.24) is 0 Å². The molecule has 120 valence electrons. The molecule has 0 fully saturated rings. The minimum Gasteiger partial charge on any atom is -0.508 e. The van der Waals surface area contributed by atoms with Gasteiger partial charge in [-0.2, -0.15) is 0 Å². The lowest BCUT2D eigenvalue weighted by molar-refractivity contribution is 0.0615. The van der Waals surface area contributed by atoms with Gasteiger partial charge in [0.15, 0.2) is 17.3 Å². The van der Waals surface area contributed by atoms with E-state index in [1.165, 1.54) is 13.2 Å². The normalized spacial score (nSPS) is 15.7. The van der Waals surface area contributed by atoms with Gasteiger partial charge in [0.25, 0.3) is 0 Å². The molecule has 0 atom stereocenters. The van der Waals surface area contributed by atoms with Crippen molar-refractivity contribution in [3.63, 3.8) is 0 Å². The molecule has 5 heteroatoms. The Labute approximate surface area is 134 Å². The first-order chi connectivity index (χ1) is 10.8. The van der Waals surface area contributed by atoms with E-state index in [4.69, 9.17) is 9.47 Å². The molecule has 0 saturated carbocycles. The Hall–Kier alpha value is -2.69. The third kappa shape index (κ3) is 2.59. The smallest absolute Gasteiger partial charge is 0.175 e. The summed E-state index contributed by atoms with van der Waals surface area (Å²) in [4.78, 5) is 12.6. The van der Waals surface area contributed by atoms with Crippen LogP contribution in [0.2, 0.25) is 0 Å².